The van der Waals surface area contributed by atoms with Crippen molar-refractivity contribution in [1.29, 1.82) is 0 Å². The molecule has 0 amide bonds. The quantitative estimate of drug-likeness (QED) is 0.896. The van der Waals surface area contributed by atoms with Crippen molar-refractivity contribution in [3.05, 3.63) is 34.6 Å². The maximum Gasteiger partial charge on any atom is 0.144 e. The number of hydrogen-bond donors (Lipinski definition) is 1. The molecule has 0 bridgehead atoms. The number of halogens is 2. The lowest BCUT2D eigenvalue weighted by Crippen LogP contribution is -2.46. The molecule has 0 aromatic heterocycles. The molecule has 4 heteroatoms. The molecule has 110 valence electrons. The average Bonchev–Trinajstić information content (AvgIpc) is 2.44. The SMILES string of the molecule is CCCC1(C(=O)Cc2cc(Cl)ccc2F)CCCNC1. The number of hydrogen-bond acceptors (Lipinski definition) is 2. The predicted molar refractivity (Wildman–Crippen MR) is 79.6 cm³/mol. The summed E-state index contributed by atoms with van der Waals surface area (Å²) in [6.45, 7) is 3.76. The molecule has 2 nitrogen and oxygen atoms in total. The van der Waals surface area contributed by atoms with Crippen LogP contribution < -0.4 is 5.32 Å². The van der Waals surface area contributed by atoms with Crippen LogP contribution in [-0.4, -0.2) is 18.9 Å². The third-order valence-corrected chi connectivity index (χ3v) is 4.39. The summed E-state index contributed by atoms with van der Waals surface area (Å²) in [6, 6.07) is 4.40. The Morgan fingerprint density at radius 2 is 2.30 bits per heavy atom. The Morgan fingerprint density at radius 1 is 1.50 bits per heavy atom. The summed E-state index contributed by atoms with van der Waals surface area (Å²) in [4.78, 5) is 12.7. The van der Waals surface area contributed by atoms with Crippen molar-refractivity contribution in [3.8, 4) is 0 Å². The number of benzene rings is 1. The molecule has 0 radical (unpaired) electrons. The third-order valence-electron chi connectivity index (χ3n) is 4.15. The van der Waals surface area contributed by atoms with Crippen molar-refractivity contribution < 1.29 is 9.18 Å². The van der Waals surface area contributed by atoms with E-state index in [1.807, 2.05) is 0 Å². The number of Topliss-reactive ketones (excluding diaryl/α,β-unsaturated/α-hetero) is 1. The van der Waals surface area contributed by atoms with E-state index in [0.29, 0.717) is 17.1 Å². The van der Waals surface area contributed by atoms with E-state index in [0.717, 1.165) is 32.2 Å². The molecule has 1 aliphatic rings. The molecule has 20 heavy (non-hydrogen) atoms. The molecule has 1 aromatic carbocycles. The second kappa shape index (κ2) is 6.68. The Bertz CT molecular complexity index is 478. The zero-order chi connectivity index (χ0) is 14.6. The van der Waals surface area contributed by atoms with Gasteiger partial charge in [-0.05, 0) is 49.6 Å². The minimum Gasteiger partial charge on any atom is -0.316 e. The number of ketones is 1. The van der Waals surface area contributed by atoms with Crippen LogP contribution in [0.2, 0.25) is 5.02 Å². The fourth-order valence-corrected chi connectivity index (χ4v) is 3.27. The largest absolute Gasteiger partial charge is 0.316 e. The van der Waals surface area contributed by atoms with Gasteiger partial charge in [0.2, 0.25) is 0 Å². The molecule has 1 atom stereocenters. The monoisotopic (exact) mass is 297 g/mol. The van der Waals surface area contributed by atoms with E-state index < -0.39 is 0 Å². The van der Waals surface area contributed by atoms with Gasteiger partial charge >= 0.3 is 0 Å². The highest BCUT2D eigenvalue weighted by Crippen LogP contribution is 2.34. The summed E-state index contributed by atoms with van der Waals surface area (Å²) >= 11 is 5.89. The molecule has 2 rings (SSSR count). The Hall–Kier alpha value is -0.930. The van der Waals surface area contributed by atoms with Gasteiger partial charge in [0.25, 0.3) is 0 Å². The van der Waals surface area contributed by atoms with Crippen molar-refractivity contribution in [2.24, 2.45) is 5.41 Å². The maximum atomic E-state index is 13.8. The summed E-state index contributed by atoms with van der Waals surface area (Å²) in [5.74, 6) is -0.217. The molecular formula is C16H21ClFNO. The van der Waals surface area contributed by atoms with Crippen LogP contribution in [0.3, 0.4) is 0 Å². The van der Waals surface area contributed by atoms with Gasteiger partial charge < -0.3 is 5.32 Å². The van der Waals surface area contributed by atoms with Crippen molar-refractivity contribution in [2.75, 3.05) is 13.1 Å². The summed E-state index contributed by atoms with van der Waals surface area (Å²) < 4.78 is 13.8. The van der Waals surface area contributed by atoms with Crippen LogP contribution in [0.1, 0.15) is 38.2 Å². The molecule has 0 spiro atoms. The first-order chi connectivity index (χ1) is 9.57. The maximum absolute atomic E-state index is 13.8. The molecule has 0 saturated carbocycles. The number of carbonyl (C=O) groups excluding carboxylic acids is 1. The van der Waals surface area contributed by atoms with Gasteiger partial charge in [-0.25, -0.2) is 4.39 Å². The first-order valence-corrected chi connectivity index (χ1v) is 7.63. The van der Waals surface area contributed by atoms with Gasteiger partial charge in [0.1, 0.15) is 11.6 Å². The summed E-state index contributed by atoms with van der Waals surface area (Å²) in [5.41, 5.74) is 0.0745. The van der Waals surface area contributed by atoms with E-state index in [2.05, 4.69) is 12.2 Å². The zero-order valence-electron chi connectivity index (χ0n) is 11.8. The summed E-state index contributed by atoms with van der Waals surface area (Å²) in [5, 5.41) is 3.79. The lowest BCUT2D eigenvalue weighted by molar-refractivity contribution is -0.129. The van der Waals surface area contributed by atoms with Gasteiger partial charge in [-0.1, -0.05) is 24.9 Å². The van der Waals surface area contributed by atoms with E-state index >= 15 is 0 Å². The molecule has 1 heterocycles. The molecule has 1 aromatic rings. The Balaban J connectivity index is 2.18. The Kier molecular flexibility index (Phi) is 5.17. The second-order valence-electron chi connectivity index (χ2n) is 5.65. The topological polar surface area (TPSA) is 29.1 Å². The van der Waals surface area contributed by atoms with E-state index in [4.69, 9.17) is 11.6 Å². The van der Waals surface area contributed by atoms with Crippen LogP contribution in [0.25, 0.3) is 0 Å². The first kappa shape index (κ1) is 15.5. The van der Waals surface area contributed by atoms with Crippen LogP contribution in [0, 0.1) is 11.2 Å². The van der Waals surface area contributed by atoms with Gasteiger partial charge in [-0.15, -0.1) is 0 Å². The highest BCUT2D eigenvalue weighted by atomic mass is 35.5. The number of piperidine rings is 1. The average molecular weight is 298 g/mol. The molecule has 1 fully saturated rings. The third kappa shape index (κ3) is 3.39. The smallest absolute Gasteiger partial charge is 0.144 e. The first-order valence-electron chi connectivity index (χ1n) is 7.25. The summed E-state index contributed by atoms with van der Waals surface area (Å²) in [7, 11) is 0. The van der Waals surface area contributed by atoms with E-state index in [1.54, 1.807) is 6.07 Å². The number of nitrogens with one attached hydrogen (secondary N) is 1. The summed E-state index contributed by atoms with van der Waals surface area (Å²) in [6.07, 6.45) is 3.86. The van der Waals surface area contributed by atoms with Gasteiger partial charge in [0.05, 0.1) is 0 Å². The second-order valence-corrected chi connectivity index (χ2v) is 6.08. The fraction of sp³-hybridized carbons (Fsp3) is 0.562. The van der Waals surface area contributed by atoms with Crippen LogP contribution in [0.4, 0.5) is 4.39 Å². The number of rotatable bonds is 5. The molecule has 1 saturated heterocycles. The molecule has 1 aliphatic heterocycles. The standard InChI is InChI=1S/C16H21ClFNO/c1-2-6-16(7-3-8-19-11-16)15(20)10-12-9-13(17)4-5-14(12)18/h4-5,9,19H,2-3,6-8,10-11H2,1H3. The zero-order valence-corrected chi connectivity index (χ0v) is 12.6. The van der Waals surface area contributed by atoms with Gasteiger partial charge in [-0.2, -0.15) is 0 Å². The van der Waals surface area contributed by atoms with Gasteiger partial charge in [0.15, 0.2) is 0 Å². The van der Waals surface area contributed by atoms with Crippen molar-refractivity contribution in [3.63, 3.8) is 0 Å². The number of carbonyl (C=O) groups is 1. The Morgan fingerprint density at radius 3 is 2.95 bits per heavy atom. The molecule has 0 aliphatic carbocycles. The molecule has 1 unspecified atom stereocenters. The van der Waals surface area contributed by atoms with Gasteiger partial charge in [0, 0.05) is 23.4 Å². The van der Waals surface area contributed by atoms with Crippen LogP contribution >= 0.6 is 11.6 Å². The highest BCUT2D eigenvalue weighted by molar-refractivity contribution is 6.30. The van der Waals surface area contributed by atoms with E-state index in [1.165, 1.54) is 12.1 Å². The predicted octanol–water partition coefficient (Wildman–Crippen LogP) is 3.76. The van der Waals surface area contributed by atoms with Crippen molar-refractivity contribution in [1.82, 2.24) is 5.32 Å². The van der Waals surface area contributed by atoms with Crippen molar-refractivity contribution in [2.45, 2.75) is 39.0 Å². The van der Waals surface area contributed by atoms with E-state index in [-0.39, 0.29) is 23.4 Å². The normalized spacial score (nSPS) is 22.8. The lowest BCUT2D eigenvalue weighted by atomic mass is 9.72. The lowest BCUT2D eigenvalue weighted by Gasteiger charge is -2.36. The van der Waals surface area contributed by atoms with Crippen molar-refractivity contribution >= 4 is 17.4 Å². The minimum absolute atomic E-state index is 0.132. The minimum atomic E-state index is -0.349. The van der Waals surface area contributed by atoms with E-state index in [9.17, 15) is 9.18 Å². The van der Waals surface area contributed by atoms with Crippen LogP contribution in [-0.2, 0) is 11.2 Å². The highest BCUT2D eigenvalue weighted by Gasteiger charge is 2.38. The molecular weight excluding hydrogens is 277 g/mol. The van der Waals surface area contributed by atoms with Crippen LogP contribution in [0.15, 0.2) is 18.2 Å². The Labute approximate surface area is 124 Å². The van der Waals surface area contributed by atoms with Crippen LogP contribution in [0.5, 0.6) is 0 Å². The fourth-order valence-electron chi connectivity index (χ4n) is 3.08. The molecule has 1 N–H and O–H groups in total. The van der Waals surface area contributed by atoms with Gasteiger partial charge in [-0.3, -0.25) is 4.79 Å².